The first-order valence-corrected chi connectivity index (χ1v) is 9.26. The van der Waals surface area contributed by atoms with Crippen LogP contribution in [-0.2, 0) is 14.3 Å². The van der Waals surface area contributed by atoms with E-state index >= 15 is 0 Å². The lowest BCUT2D eigenvalue weighted by Crippen LogP contribution is -2.51. The van der Waals surface area contributed by atoms with E-state index in [0.29, 0.717) is 17.9 Å². The SMILES string of the molecule is COc1cccc(OC)c1C(=O)OCC(=O)NN1C(=O)NC2(CCCCC2)C1=O. The van der Waals surface area contributed by atoms with Gasteiger partial charge in [0.05, 0.1) is 14.2 Å². The Labute approximate surface area is 167 Å². The van der Waals surface area contributed by atoms with Crippen molar-refractivity contribution in [3.63, 3.8) is 0 Å². The summed E-state index contributed by atoms with van der Waals surface area (Å²) in [5.74, 6) is -1.70. The number of ether oxygens (including phenoxy) is 3. The molecule has 1 spiro atoms. The van der Waals surface area contributed by atoms with Gasteiger partial charge < -0.3 is 19.5 Å². The number of methoxy groups -OCH3 is 2. The van der Waals surface area contributed by atoms with E-state index in [-0.39, 0.29) is 17.1 Å². The fraction of sp³-hybridized carbons (Fsp3) is 0.474. The Hall–Kier alpha value is -3.30. The molecule has 0 bridgehead atoms. The number of hydrazine groups is 1. The lowest BCUT2D eigenvalue weighted by molar-refractivity contribution is -0.140. The van der Waals surface area contributed by atoms with E-state index < -0.39 is 36.0 Å². The first-order chi connectivity index (χ1) is 13.9. The molecule has 0 radical (unpaired) electrons. The highest BCUT2D eigenvalue weighted by molar-refractivity contribution is 6.08. The van der Waals surface area contributed by atoms with Crippen molar-refractivity contribution < 1.29 is 33.4 Å². The largest absolute Gasteiger partial charge is 0.496 e. The van der Waals surface area contributed by atoms with Crippen LogP contribution in [0.1, 0.15) is 42.5 Å². The van der Waals surface area contributed by atoms with Crippen molar-refractivity contribution >= 4 is 23.8 Å². The summed E-state index contributed by atoms with van der Waals surface area (Å²) in [6.45, 7) is -0.690. The molecule has 1 saturated carbocycles. The Bertz CT molecular complexity index is 811. The number of esters is 1. The number of amides is 4. The van der Waals surface area contributed by atoms with Gasteiger partial charge in [-0.3, -0.25) is 15.0 Å². The Morgan fingerprint density at radius 2 is 1.72 bits per heavy atom. The van der Waals surface area contributed by atoms with Crippen molar-refractivity contribution in [2.75, 3.05) is 20.8 Å². The summed E-state index contributed by atoms with van der Waals surface area (Å²) in [7, 11) is 2.77. The molecule has 0 aromatic heterocycles. The number of benzene rings is 1. The van der Waals surface area contributed by atoms with Gasteiger partial charge in [-0.2, -0.15) is 5.01 Å². The quantitative estimate of drug-likeness (QED) is 0.537. The van der Waals surface area contributed by atoms with Crippen LogP contribution in [0, 0.1) is 0 Å². The first kappa shape index (κ1) is 20.4. The molecule has 10 heteroatoms. The molecule has 1 heterocycles. The van der Waals surface area contributed by atoms with Gasteiger partial charge in [-0.05, 0) is 25.0 Å². The van der Waals surface area contributed by atoms with Gasteiger partial charge >= 0.3 is 12.0 Å². The van der Waals surface area contributed by atoms with Crippen LogP contribution in [0.4, 0.5) is 4.79 Å². The van der Waals surface area contributed by atoms with Crippen molar-refractivity contribution in [2.24, 2.45) is 0 Å². The Balaban J connectivity index is 1.61. The second kappa shape index (κ2) is 8.38. The highest BCUT2D eigenvalue weighted by Crippen LogP contribution is 2.33. The minimum Gasteiger partial charge on any atom is -0.496 e. The average Bonchev–Trinajstić information content (AvgIpc) is 2.95. The number of nitrogens with zero attached hydrogens (tertiary/aromatic N) is 1. The molecule has 2 fully saturated rings. The number of carbonyl (C=O) groups is 4. The molecule has 1 aliphatic heterocycles. The zero-order chi connectivity index (χ0) is 21.0. The van der Waals surface area contributed by atoms with Crippen LogP contribution >= 0.6 is 0 Å². The molecule has 0 unspecified atom stereocenters. The van der Waals surface area contributed by atoms with Crippen LogP contribution in [0.2, 0.25) is 0 Å². The maximum atomic E-state index is 12.6. The third-order valence-corrected chi connectivity index (χ3v) is 5.07. The predicted molar refractivity (Wildman–Crippen MR) is 99.2 cm³/mol. The number of carbonyl (C=O) groups excluding carboxylic acids is 4. The predicted octanol–water partition coefficient (Wildman–Crippen LogP) is 1.15. The summed E-state index contributed by atoms with van der Waals surface area (Å²) in [5, 5.41) is 3.34. The van der Waals surface area contributed by atoms with Crippen molar-refractivity contribution in [1.29, 1.82) is 0 Å². The van der Waals surface area contributed by atoms with Crippen LogP contribution < -0.4 is 20.2 Å². The van der Waals surface area contributed by atoms with Crippen LogP contribution in [0.5, 0.6) is 11.5 Å². The van der Waals surface area contributed by atoms with Gasteiger partial charge in [0.1, 0.15) is 22.6 Å². The Kier molecular flexibility index (Phi) is 5.90. The molecule has 0 atom stereocenters. The smallest absolute Gasteiger partial charge is 0.346 e. The van der Waals surface area contributed by atoms with Crippen molar-refractivity contribution in [2.45, 2.75) is 37.6 Å². The Morgan fingerprint density at radius 1 is 1.10 bits per heavy atom. The van der Waals surface area contributed by atoms with E-state index in [1.54, 1.807) is 18.2 Å². The number of hydrogen-bond donors (Lipinski definition) is 2. The van der Waals surface area contributed by atoms with Gasteiger partial charge in [0, 0.05) is 0 Å². The van der Waals surface area contributed by atoms with Gasteiger partial charge in [-0.1, -0.05) is 25.3 Å². The molecule has 1 aromatic rings. The molecule has 29 heavy (non-hydrogen) atoms. The number of nitrogens with one attached hydrogen (secondary N) is 2. The van der Waals surface area contributed by atoms with E-state index in [4.69, 9.17) is 14.2 Å². The van der Waals surface area contributed by atoms with Crippen molar-refractivity contribution in [3.05, 3.63) is 23.8 Å². The molecular weight excluding hydrogens is 382 g/mol. The van der Waals surface area contributed by atoms with Crippen LogP contribution in [-0.4, -0.2) is 55.2 Å². The number of imide groups is 1. The van der Waals surface area contributed by atoms with E-state index in [1.807, 2.05) is 0 Å². The van der Waals surface area contributed by atoms with E-state index in [1.165, 1.54) is 14.2 Å². The summed E-state index contributed by atoms with van der Waals surface area (Å²) < 4.78 is 15.3. The average molecular weight is 405 g/mol. The second-order valence-electron chi connectivity index (χ2n) is 6.86. The molecule has 1 saturated heterocycles. The molecule has 4 amide bonds. The molecule has 2 N–H and O–H groups in total. The molecule has 2 aliphatic rings. The first-order valence-electron chi connectivity index (χ1n) is 9.26. The van der Waals surface area contributed by atoms with Crippen LogP contribution in [0.3, 0.4) is 0 Å². The lowest BCUT2D eigenvalue weighted by atomic mass is 9.82. The Morgan fingerprint density at radius 3 is 2.31 bits per heavy atom. The summed E-state index contributed by atoms with van der Waals surface area (Å²) in [6, 6.07) is 4.05. The summed E-state index contributed by atoms with van der Waals surface area (Å²) in [5.41, 5.74) is 1.28. The fourth-order valence-corrected chi connectivity index (χ4v) is 3.63. The monoisotopic (exact) mass is 405 g/mol. The minimum absolute atomic E-state index is 0.0291. The topological polar surface area (TPSA) is 123 Å². The molecule has 1 aromatic carbocycles. The van der Waals surface area contributed by atoms with E-state index in [0.717, 1.165) is 19.3 Å². The lowest BCUT2D eigenvalue weighted by Gasteiger charge is -2.30. The normalized spacial score (nSPS) is 17.7. The van der Waals surface area contributed by atoms with Gasteiger partial charge in [0.2, 0.25) is 0 Å². The molecule has 3 rings (SSSR count). The third kappa shape index (κ3) is 3.96. The highest BCUT2D eigenvalue weighted by atomic mass is 16.5. The molecule has 1 aliphatic carbocycles. The third-order valence-electron chi connectivity index (χ3n) is 5.07. The van der Waals surface area contributed by atoms with Crippen LogP contribution in [0.25, 0.3) is 0 Å². The molecule has 10 nitrogen and oxygen atoms in total. The highest BCUT2D eigenvalue weighted by Gasteiger charge is 2.52. The number of rotatable bonds is 6. The van der Waals surface area contributed by atoms with Crippen molar-refractivity contribution in [3.8, 4) is 11.5 Å². The van der Waals surface area contributed by atoms with E-state index in [2.05, 4.69) is 10.7 Å². The fourth-order valence-electron chi connectivity index (χ4n) is 3.63. The zero-order valence-electron chi connectivity index (χ0n) is 16.3. The molecular formula is C19H23N3O7. The van der Waals surface area contributed by atoms with Gasteiger partial charge in [-0.25, -0.2) is 9.59 Å². The van der Waals surface area contributed by atoms with E-state index in [9.17, 15) is 19.2 Å². The van der Waals surface area contributed by atoms with Gasteiger partial charge in [0.15, 0.2) is 6.61 Å². The van der Waals surface area contributed by atoms with Crippen LogP contribution in [0.15, 0.2) is 18.2 Å². The number of urea groups is 1. The maximum Gasteiger partial charge on any atom is 0.346 e. The summed E-state index contributed by atoms with van der Waals surface area (Å²) in [4.78, 5) is 49.4. The second-order valence-corrected chi connectivity index (χ2v) is 6.86. The van der Waals surface area contributed by atoms with Gasteiger partial charge in [-0.15, -0.1) is 0 Å². The van der Waals surface area contributed by atoms with Crippen molar-refractivity contribution in [1.82, 2.24) is 15.8 Å². The van der Waals surface area contributed by atoms with Gasteiger partial charge in [0.25, 0.3) is 11.8 Å². The number of hydrogen-bond acceptors (Lipinski definition) is 7. The maximum absolute atomic E-state index is 12.6. The zero-order valence-corrected chi connectivity index (χ0v) is 16.3. The molecule has 156 valence electrons. The summed E-state index contributed by atoms with van der Waals surface area (Å²) >= 11 is 0. The minimum atomic E-state index is -0.954. The summed E-state index contributed by atoms with van der Waals surface area (Å²) in [6.07, 6.45) is 3.72. The standard InChI is InChI=1S/C19H23N3O7/c1-27-12-7-6-8-13(28-2)15(12)16(24)29-11-14(23)21-22-17(25)19(20-18(22)26)9-4-3-5-10-19/h6-8H,3-5,9-11H2,1-2H3,(H,20,26)(H,21,23).